The summed E-state index contributed by atoms with van der Waals surface area (Å²) in [5.74, 6) is 3.39. The van der Waals surface area contributed by atoms with Crippen LogP contribution in [0.4, 0.5) is 0 Å². The van der Waals surface area contributed by atoms with Crippen LogP contribution in [0.5, 0.6) is 34.5 Å². The maximum atomic E-state index is 16.1. The van der Waals surface area contributed by atoms with Gasteiger partial charge in [-0.25, -0.2) is 0 Å². The molecule has 0 unspecified atom stereocenters. The molecule has 9 nitrogen and oxygen atoms in total. The lowest BCUT2D eigenvalue weighted by Gasteiger charge is -2.14. The van der Waals surface area contributed by atoms with E-state index in [-0.39, 0.29) is 16.3 Å². The molecule has 0 spiro atoms. The zero-order valence-corrected chi connectivity index (χ0v) is 66.1. The molecule has 0 fully saturated rings. The molecule has 9 heteroatoms. The predicted molar refractivity (Wildman–Crippen MR) is 440 cm³/mol. The second kappa shape index (κ2) is 51.0. The van der Waals surface area contributed by atoms with Crippen LogP contribution in [0.15, 0.2) is 50.8 Å². The van der Waals surface area contributed by atoms with Gasteiger partial charge in [0.15, 0.2) is 50.8 Å². The van der Waals surface area contributed by atoms with Crippen LogP contribution < -0.4 is 44.7 Å². The molecule has 0 amide bonds. The minimum absolute atomic E-state index is 0.223. The van der Waals surface area contributed by atoms with Crippen molar-refractivity contribution in [3.05, 3.63) is 67.1 Å². The summed E-state index contributed by atoms with van der Waals surface area (Å²) >= 11 is 0. The van der Waals surface area contributed by atoms with Crippen LogP contribution in [0.25, 0.3) is 64.6 Å². The Hall–Kier alpha value is -5.31. The molecule has 0 aliphatic heterocycles. The van der Waals surface area contributed by atoms with Gasteiger partial charge in [-0.15, -0.1) is 0 Å². The first kappa shape index (κ1) is 84.0. The Balaban J connectivity index is 1.35. The lowest BCUT2D eigenvalue weighted by molar-refractivity contribution is 0.259. The zero-order chi connectivity index (χ0) is 72.0. The quantitative estimate of drug-likeness (QED) is 0.0345. The van der Waals surface area contributed by atoms with Crippen molar-refractivity contribution in [2.24, 2.45) is 0 Å². The van der Waals surface area contributed by atoms with Gasteiger partial charge in [0, 0.05) is 48.5 Å². The lowest BCUT2D eigenvalue weighted by atomic mass is 9.99. The Morgan fingerprint density at radius 2 is 0.294 bits per heavy atom. The van der Waals surface area contributed by atoms with E-state index in [2.05, 4.69) is 41.5 Å². The van der Waals surface area contributed by atoms with Gasteiger partial charge in [0.1, 0.15) is 0 Å². The largest absolute Gasteiger partial charge is 0.490 e. The lowest BCUT2D eigenvalue weighted by Crippen LogP contribution is -2.04. The van der Waals surface area contributed by atoms with Crippen LogP contribution in [0.3, 0.4) is 0 Å². The molecular formula is C93H144O9. The SMILES string of the molecule is CCCCCCCCCCCCOc1cc2c(=O)c3c(c2cc1OCCCCCCCCCC)c1c(=O)c2cc(OCCCCCCCCCCCC)c(OCCCCCCCCCC)cc2c1c1c(=O)c2cc(OCCCCCCCCCCCC)c(OCCCCCCCCCC)cc2c31. The van der Waals surface area contributed by atoms with Gasteiger partial charge in [0.2, 0.25) is 0 Å². The molecule has 0 saturated carbocycles. The van der Waals surface area contributed by atoms with Crippen LogP contribution in [-0.4, -0.2) is 39.6 Å². The molecule has 7 aromatic rings. The number of fused-ring (bicyclic) bond motifs is 12. The predicted octanol–water partition coefficient (Wildman–Crippen LogP) is 28.5. The van der Waals surface area contributed by atoms with Crippen LogP contribution in [0.1, 0.15) is 388 Å². The summed E-state index contributed by atoms with van der Waals surface area (Å²) in [7, 11) is 0. The maximum Gasteiger partial charge on any atom is 0.195 e. The Labute approximate surface area is 619 Å². The number of unbranched alkanes of at least 4 members (excludes halogenated alkanes) is 48. The number of benzene rings is 4. The minimum atomic E-state index is -0.223. The molecular weight excluding hydrogens is 1260 g/mol. The molecule has 7 aromatic carbocycles. The highest BCUT2D eigenvalue weighted by Crippen LogP contribution is 2.48. The summed E-state index contributed by atoms with van der Waals surface area (Å²) in [4.78, 5) is 48.2. The van der Waals surface area contributed by atoms with E-state index in [0.717, 1.165) is 96.3 Å². The Morgan fingerprint density at radius 1 is 0.167 bits per heavy atom. The molecule has 0 heterocycles. The molecule has 0 aliphatic rings. The van der Waals surface area contributed by atoms with E-state index in [4.69, 9.17) is 28.4 Å². The molecule has 0 aromatic heterocycles. The van der Waals surface area contributed by atoms with Crippen molar-refractivity contribution >= 4 is 64.6 Å². The van der Waals surface area contributed by atoms with E-state index in [1.165, 1.54) is 250 Å². The van der Waals surface area contributed by atoms with Gasteiger partial charge in [-0.1, -0.05) is 350 Å². The van der Waals surface area contributed by atoms with Crippen molar-refractivity contribution in [3.63, 3.8) is 0 Å². The van der Waals surface area contributed by atoms with E-state index >= 15 is 14.4 Å². The first-order valence-corrected chi connectivity index (χ1v) is 43.5. The van der Waals surface area contributed by atoms with E-state index in [0.29, 0.717) is 139 Å². The number of ether oxygens (including phenoxy) is 6. The molecule has 7 rings (SSSR count). The molecule has 570 valence electrons. The van der Waals surface area contributed by atoms with Crippen LogP contribution in [0.2, 0.25) is 0 Å². The van der Waals surface area contributed by atoms with Crippen molar-refractivity contribution < 1.29 is 28.4 Å². The number of hydrogen-bond acceptors (Lipinski definition) is 9. The second-order valence-corrected chi connectivity index (χ2v) is 30.8. The molecule has 0 N–H and O–H groups in total. The molecule has 0 atom stereocenters. The van der Waals surface area contributed by atoms with Crippen LogP contribution in [0, 0.1) is 0 Å². The summed E-state index contributed by atoms with van der Waals surface area (Å²) in [5, 5.41) is 6.10. The molecule has 0 aliphatic carbocycles. The fourth-order valence-corrected chi connectivity index (χ4v) is 15.8. The second-order valence-electron chi connectivity index (χ2n) is 30.8. The number of hydrogen-bond donors (Lipinski definition) is 0. The van der Waals surface area contributed by atoms with Gasteiger partial charge in [0.05, 0.1) is 39.6 Å². The highest BCUT2D eigenvalue weighted by molar-refractivity contribution is 6.43. The summed E-state index contributed by atoms with van der Waals surface area (Å²) in [6, 6.07) is 11.6. The van der Waals surface area contributed by atoms with Crippen molar-refractivity contribution in [2.45, 2.75) is 388 Å². The van der Waals surface area contributed by atoms with E-state index in [9.17, 15) is 0 Å². The fourth-order valence-electron chi connectivity index (χ4n) is 15.8. The van der Waals surface area contributed by atoms with Gasteiger partial charge in [0.25, 0.3) is 0 Å². The van der Waals surface area contributed by atoms with Crippen LogP contribution in [-0.2, 0) is 0 Å². The van der Waals surface area contributed by atoms with Gasteiger partial charge in [-0.3, -0.25) is 14.4 Å². The summed E-state index contributed by atoms with van der Waals surface area (Å²) in [6.07, 6.45) is 64.9. The van der Waals surface area contributed by atoms with Crippen molar-refractivity contribution in [2.75, 3.05) is 39.6 Å². The first-order valence-electron chi connectivity index (χ1n) is 43.5. The highest BCUT2D eigenvalue weighted by atomic mass is 16.5. The van der Waals surface area contributed by atoms with Crippen LogP contribution >= 0.6 is 0 Å². The summed E-state index contributed by atoms with van der Waals surface area (Å²) < 4.78 is 40.8. The average molecular weight is 1410 g/mol. The zero-order valence-electron chi connectivity index (χ0n) is 66.1. The maximum absolute atomic E-state index is 16.1. The molecule has 0 saturated heterocycles. The van der Waals surface area contributed by atoms with Gasteiger partial charge < -0.3 is 28.4 Å². The summed E-state index contributed by atoms with van der Waals surface area (Å²) in [6.45, 7) is 16.6. The van der Waals surface area contributed by atoms with Crippen molar-refractivity contribution in [3.8, 4) is 34.5 Å². The topological polar surface area (TPSA) is 107 Å². The highest BCUT2D eigenvalue weighted by Gasteiger charge is 2.30. The van der Waals surface area contributed by atoms with Gasteiger partial charge in [-0.05, 0) is 91.1 Å². The van der Waals surface area contributed by atoms with Gasteiger partial charge >= 0.3 is 0 Å². The van der Waals surface area contributed by atoms with E-state index in [1.807, 2.05) is 36.4 Å². The third-order valence-electron chi connectivity index (χ3n) is 22.0. The molecule has 102 heavy (non-hydrogen) atoms. The standard InChI is InChI=1S/C93H144O9/c1-7-13-19-25-31-37-40-46-52-58-64-100-82-70-76-73(67-79(82)97-61-55-49-43-34-28-22-16-10-4)85-88(91(76)94)86-74-68-80(98-62-56-50-44-35-29-23-17-11-5)83(101-65-59-53-47-41-38-32-26-20-14-8-2)71-77(74)93(96)90(86)87-75-69-81(99-63-57-51-45-36-30-24-18-12-6)84(72-78(75)92(95)89(85)87)102-66-60-54-48-42-39-33-27-21-15-9-3/h67-72H,7-66H2,1-6H3. The van der Waals surface area contributed by atoms with Crippen molar-refractivity contribution in [1.82, 2.24) is 0 Å². The normalized spacial score (nSPS) is 11.9. The monoisotopic (exact) mass is 1410 g/mol. The third-order valence-corrected chi connectivity index (χ3v) is 22.0. The summed E-state index contributed by atoms with van der Waals surface area (Å²) in [5.41, 5.74) is -0.668. The number of rotatable bonds is 66. The molecule has 0 bridgehead atoms. The third kappa shape index (κ3) is 27.2. The average Bonchev–Trinajstić information content (AvgIpc) is 1.51. The Kier molecular flexibility index (Phi) is 42.0. The fraction of sp³-hybridized carbons (Fsp3) is 0.710. The Morgan fingerprint density at radius 3 is 0.441 bits per heavy atom. The van der Waals surface area contributed by atoms with E-state index in [1.54, 1.807) is 0 Å². The molecule has 0 radical (unpaired) electrons. The van der Waals surface area contributed by atoms with E-state index < -0.39 is 0 Å². The van der Waals surface area contributed by atoms with Crippen molar-refractivity contribution in [1.29, 1.82) is 0 Å². The van der Waals surface area contributed by atoms with Gasteiger partial charge in [-0.2, -0.15) is 0 Å². The first-order chi connectivity index (χ1) is 50.3. The smallest absolute Gasteiger partial charge is 0.195 e. The minimum Gasteiger partial charge on any atom is -0.490 e. The Bertz CT molecular complexity index is 3140.